The van der Waals surface area contributed by atoms with Gasteiger partial charge in [0.1, 0.15) is 5.25 Å². The number of imide groups is 1. The van der Waals surface area contributed by atoms with Crippen LogP contribution in [0, 0.1) is 17.1 Å². The molecule has 158 valence electrons. The maximum absolute atomic E-state index is 14.0. The molecule has 1 saturated heterocycles. The molecule has 0 N–H and O–H groups in total. The maximum atomic E-state index is 14.0. The third-order valence-electron chi connectivity index (χ3n) is 4.90. The number of methoxy groups -OCH3 is 1. The van der Waals surface area contributed by atoms with Crippen LogP contribution in [0.25, 0.3) is 4.91 Å². The van der Waals surface area contributed by atoms with Gasteiger partial charge in [-0.1, -0.05) is 11.6 Å². The summed E-state index contributed by atoms with van der Waals surface area (Å²) < 4.78 is 19.0. The van der Waals surface area contributed by atoms with E-state index in [0.29, 0.717) is 10.5 Å². The molecule has 0 saturated carbocycles. The summed E-state index contributed by atoms with van der Waals surface area (Å²) >= 11 is 7.47. The average Bonchev–Trinajstić information content (AvgIpc) is 3.20. The molecule has 3 heterocycles. The standard InChI is InChI=1S/C20H15ClFN5O3S/c1-30-15-7-11(12(21)8-13(15)22)16-9-14-18(31-16)19(28)27(17-10-24-4-5-25-17)20(29)26(14)6-2-3-23/h4-5,7-10,14,18H,2,6H2,1H3. The molecule has 1 fully saturated rings. The molecule has 2 aromatic rings. The zero-order valence-corrected chi connectivity index (χ0v) is 17.7. The minimum atomic E-state index is -0.680. The van der Waals surface area contributed by atoms with Gasteiger partial charge in [-0.15, -0.1) is 11.8 Å². The smallest absolute Gasteiger partial charge is 0.333 e. The Labute approximate surface area is 186 Å². The number of hydrogen-bond donors (Lipinski definition) is 0. The van der Waals surface area contributed by atoms with E-state index >= 15 is 0 Å². The van der Waals surface area contributed by atoms with Crippen molar-refractivity contribution in [2.75, 3.05) is 18.6 Å². The van der Waals surface area contributed by atoms with Gasteiger partial charge >= 0.3 is 6.03 Å². The largest absolute Gasteiger partial charge is 0.494 e. The van der Waals surface area contributed by atoms with Crippen molar-refractivity contribution in [2.24, 2.45) is 0 Å². The Morgan fingerprint density at radius 1 is 1.35 bits per heavy atom. The minimum Gasteiger partial charge on any atom is -0.494 e. The quantitative estimate of drug-likeness (QED) is 0.674. The first-order valence-corrected chi connectivity index (χ1v) is 10.4. The molecule has 0 radical (unpaired) electrons. The normalized spacial score (nSPS) is 20.4. The van der Waals surface area contributed by atoms with Gasteiger partial charge in [0.2, 0.25) is 0 Å². The van der Waals surface area contributed by atoms with Crippen molar-refractivity contribution >= 4 is 46.0 Å². The number of halogens is 2. The molecule has 2 aliphatic rings. The molecule has 1 aromatic carbocycles. The highest BCUT2D eigenvalue weighted by Gasteiger charge is 2.50. The van der Waals surface area contributed by atoms with E-state index in [4.69, 9.17) is 21.6 Å². The molecule has 8 nitrogen and oxygen atoms in total. The van der Waals surface area contributed by atoms with E-state index in [1.165, 1.54) is 48.4 Å². The molecule has 11 heteroatoms. The number of ether oxygens (including phenoxy) is 1. The Morgan fingerprint density at radius 3 is 2.84 bits per heavy atom. The average molecular weight is 460 g/mol. The van der Waals surface area contributed by atoms with Gasteiger partial charge in [-0.25, -0.2) is 19.1 Å². The number of carbonyl (C=O) groups excluding carboxylic acids is 2. The fraction of sp³-hybridized carbons (Fsp3) is 0.250. The summed E-state index contributed by atoms with van der Waals surface area (Å²) in [6.45, 7) is 0.130. The van der Waals surface area contributed by atoms with Gasteiger partial charge in [0.15, 0.2) is 17.4 Å². The second kappa shape index (κ2) is 8.53. The van der Waals surface area contributed by atoms with Gasteiger partial charge in [0.05, 0.1) is 36.9 Å². The van der Waals surface area contributed by atoms with E-state index in [0.717, 1.165) is 11.0 Å². The number of thioether (sulfide) groups is 1. The summed E-state index contributed by atoms with van der Waals surface area (Å²) in [5.41, 5.74) is 0.492. The number of urea groups is 1. The van der Waals surface area contributed by atoms with Crippen LogP contribution in [0.1, 0.15) is 12.0 Å². The fourth-order valence-corrected chi connectivity index (χ4v) is 5.14. The van der Waals surface area contributed by atoms with Crippen LogP contribution in [0.5, 0.6) is 5.75 Å². The molecule has 4 rings (SSSR count). The summed E-state index contributed by atoms with van der Waals surface area (Å²) in [4.78, 5) is 37.5. The molecule has 2 unspecified atom stereocenters. The number of nitriles is 1. The number of fused-ring (bicyclic) bond motifs is 1. The molecular weight excluding hydrogens is 445 g/mol. The van der Waals surface area contributed by atoms with Gasteiger partial charge < -0.3 is 9.64 Å². The number of carbonyl (C=O) groups is 2. The lowest BCUT2D eigenvalue weighted by atomic mass is 10.1. The van der Waals surface area contributed by atoms with Gasteiger partial charge in [-0.05, 0) is 18.2 Å². The first-order valence-electron chi connectivity index (χ1n) is 9.15. The second-order valence-corrected chi connectivity index (χ2v) is 8.24. The first kappa shape index (κ1) is 21.1. The molecule has 2 aliphatic heterocycles. The molecule has 3 amide bonds. The highest BCUT2D eigenvalue weighted by atomic mass is 35.5. The third kappa shape index (κ3) is 3.71. The lowest BCUT2D eigenvalue weighted by Crippen LogP contribution is -2.62. The highest BCUT2D eigenvalue weighted by molar-refractivity contribution is 8.09. The van der Waals surface area contributed by atoms with Crippen molar-refractivity contribution in [2.45, 2.75) is 17.7 Å². The third-order valence-corrected chi connectivity index (χ3v) is 6.55. The Hall–Kier alpha value is -3.16. The van der Waals surface area contributed by atoms with Crippen molar-refractivity contribution in [3.05, 3.63) is 53.2 Å². The van der Waals surface area contributed by atoms with E-state index in [1.54, 1.807) is 6.08 Å². The van der Waals surface area contributed by atoms with E-state index in [-0.39, 0.29) is 29.6 Å². The molecule has 0 spiro atoms. The molecular formula is C20H15ClFN5O3S. The van der Waals surface area contributed by atoms with E-state index in [2.05, 4.69) is 9.97 Å². The number of rotatable bonds is 5. The molecule has 2 atom stereocenters. The first-order chi connectivity index (χ1) is 15.0. The SMILES string of the molecule is COc1cc(C2=CC3C(S2)C(=O)N(c2cnccn2)C(=O)N3CCC#N)c(Cl)cc1F. The van der Waals surface area contributed by atoms with E-state index < -0.39 is 29.0 Å². The molecule has 1 aromatic heterocycles. The number of amides is 3. The Morgan fingerprint density at radius 2 is 2.16 bits per heavy atom. The zero-order valence-electron chi connectivity index (χ0n) is 16.2. The number of hydrogen-bond acceptors (Lipinski definition) is 7. The predicted octanol–water partition coefficient (Wildman–Crippen LogP) is 3.49. The topological polar surface area (TPSA) is 99.4 Å². The summed E-state index contributed by atoms with van der Waals surface area (Å²) in [7, 11) is 1.34. The zero-order chi connectivity index (χ0) is 22.1. The van der Waals surface area contributed by atoms with Gasteiger partial charge in [0, 0.05) is 29.4 Å². The van der Waals surface area contributed by atoms with Crippen LogP contribution in [-0.4, -0.2) is 51.8 Å². The Bertz CT molecular complexity index is 1120. The van der Waals surface area contributed by atoms with Crippen LogP contribution in [-0.2, 0) is 4.79 Å². The summed E-state index contributed by atoms with van der Waals surface area (Å²) in [6, 6.07) is 3.46. The predicted molar refractivity (Wildman–Crippen MR) is 113 cm³/mol. The van der Waals surface area contributed by atoms with Crippen molar-refractivity contribution in [1.29, 1.82) is 5.26 Å². The van der Waals surface area contributed by atoms with Crippen LogP contribution in [0.3, 0.4) is 0 Å². The minimum absolute atomic E-state index is 0.0145. The molecule has 0 aliphatic carbocycles. The number of anilines is 1. The van der Waals surface area contributed by atoms with Crippen LogP contribution in [0.4, 0.5) is 15.0 Å². The van der Waals surface area contributed by atoms with Crippen LogP contribution in [0.15, 0.2) is 36.8 Å². The Kier molecular flexibility index (Phi) is 5.80. The van der Waals surface area contributed by atoms with Crippen molar-refractivity contribution < 1.29 is 18.7 Å². The monoisotopic (exact) mass is 459 g/mol. The van der Waals surface area contributed by atoms with Crippen molar-refractivity contribution in [3.63, 3.8) is 0 Å². The van der Waals surface area contributed by atoms with Crippen LogP contribution < -0.4 is 9.64 Å². The second-order valence-electron chi connectivity index (χ2n) is 6.65. The number of nitrogens with zero attached hydrogens (tertiary/aromatic N) is 5. The van der Waals surface area contributed by atoms with Gasteiger partial charge in [-0.3, -0.25) is 9.78 Å². The molecule has 31 heavy (non-hydrogen) atoms. The lowest BCUT2D eigenvalue weighted by molar-refractivity contribution is -0.119. The number of aromatic nitrogens is 2. The molecule has 0 bridgehead atoms. The van der Waals surface area contributed by atoms with Gasteiger partial charge in [0.25, 0.3) is 5.91 Å². The Balaban J connectivity index is 1.75. The van der Waals surface area contributed by atoms with Crippen LogP contribution >= 0.6 is 23.4 Å². The van der Waals surface area contributed by atoms with Crippen molar-refractivity contribution in [1.82, 2.24) is 14.9 Å². The lowest BCUT2D eigenvalue weighted by Gasteiger charge is -2.40. The van der Waals surface area contributed by atoms with E-state index in [9.17, 15) is 14.0 Å². The fourth-order valence-electron chi connectivity index (χ4n) is 3.48. The van der Waals surface area contributed by atoms with Crippen LogP contribution in [0.2, 0.25) is 5.02 Å². The maximum Gasteiger partial charge on any atom is 0.333 e. The highest BCUT2D eigenvalue weighted by Crippen LogP contribution is 2.47. The number of benzene rings is 1. The van der Waals surface area contributed by atoms with E-state index in [1.807, 2.05) is 6.07 Å². The van der Waals surface area contributed by atoms with Crippen molar-refractivity contribution in [3.8, 4) is 11.8 Å². The van der Waals surface area contributed by atoms with Gasteiger partial charge in [-0.2, -0.15) is 5.26 Å². The summed E-state index contributed by atoms with van der Waals surface area (Å²) in [5.74, 6) is -0.938. The summed E-state index contributed by atoms with van der Waals surface area (Å²) in [5, 5.41) is 8.51. The summed E-state index contributed by atoms with van der Waals surface area (Å²) in [6.07, 6.45) is 5.99.